The van der Waals surface area contributed by atoms with Crippen molar-refractivity contribution in [2.24, 2.45) is 0 Å². The molecule has 1 aromatic carbocycles. The molecule has 1 fully saturated rings. The summed E-state index contributed by atoms with van der Waals surface area (Å²) in [6.45, 7) is 3.43. The van der Waals surface area contributed by atoms with Crippen LogP contribution >= 0.6 is 0 Å². The third kappa shape index (κ3) is 3.21. The number of carbonyl (C=O) groups excluding carboxylic acids is 2. The fourth-order valence-corrected chi connectivity index (χ4v) is 2.79. The van der Waals surface area contributed by atoms with E-state index in [4.69, 9.17) is 4.42 Å². The number of Topliss-reactive ketones (excluding diaryl/α,β-unsaturated/α-hetero) is 1. The number of carbonyl (C=O) groups is 2. The molecule has 1 amide bonds. The van der Waals surface area contributed by atoms with Gasteiger partial charge in [-0.3, -0.25) is 9.59 Å². The van der Waals surface area contributed by atoms with E-state index in [0.29, 0.717) is 11.3 Å². The summed E-state index contributed by atoms with van der Waals surface area (Å²) in [7, 11) is 0. The second-order valence-corrected chi connectivity index (χ2v) is 6.18. The van der Waals surface area contributed by atoms with Crippen molar-refractivity contribution in [2.45, 2.75) is 45.1 Å². The maximum atomic E-state index is 12.6. The van der Waals surface area contributed by atoms with Gasteiger partial charge >= 0.3 is 0 Å². The molecule has 120 valence electrons. The van der Waals surface area contributed by atoms with Crippen molar-refractivity contribution in [3.63, 3.8) is 0 Å². The molecule has 2 aromatic rings. The lowest BCUT2D eigenvalue weighted by molar-refractivity contribution is 0.0913. The lowest BCUT2D eigenvalue weighted by Gasteiger charge is -2.26. The summed E-state index contributed by atoms with van der Waals surface area (Å²) in [6.07, 6.45) is 3.20. The Hall–Kier alpha value is -2.36. The molecule has 1 heterocycles. The van der Waals surface area contributed by atoms with E-state index < -0.39 is 0 Å². The van der Waals surface area contributed by atoms with Crippen LogP contribution in [0.15, 0.2) is 40.8 Å². The van der Waals surface area contributed by atoms with Crippen molar-refractivity contribution in [1.82, 2.24) is 5.32 Å². The maximum absolute atomic E-state index is 12.6. The molecule has 0 saturated heterocycles. The van der Waals surface area contributed by atoms with Gasteiger partial charge in [-0.25, -0.2) is 0 Å². The molecule has 1 aliphatic carbocycles. The second kappa shape index (κ2) is 6.41. The van der Waals surface area contributed by atoms with E-state index in [1.807, 2.05) is 37.3 Å². The fourth-order valence-electron chi connectivity index (χ4n) is 2.79. The van der Waals surface area contributed by atoms with Crippen LogP contribution in [0.5, 0.6) is 0 Å². The fraction of sp³-hybridized carbons (Fsp3) is 0.368. The molecule has 23 heavy (non-hydrogen) atoms. The van der Waals surface area contributed by atoms with E-state index in [0.717, 1.165) is 24.8 Å². The quantitative estimate of drug-likeness (QED) is 0.851. The Morgan fingerprint density at radius 2 is 1.91 bits per heavy atom. The van der Waals surface area contributed by atoms with Crippen LogP contribution in [0.2, 0.25) is 0 Å². The third-order valence-electron chi connectivity index (χ3n) is 4.49. The molecular weight excluding hydrogens is 290 g/mol. The average molecular weight is 311 g/mol. The molecule has 1 unspecified atom stereocenters. The average Bonchev–Trinajstić information content (AvgIpc) is 2.96. The topological polar surface area (TPSA) is 59.3 Å². The maximum Gasteiger partial charge on any atom is 0.255 e. The van der Waals surface area contributed by atoms with E-state index in [1.54, 1.807) is 6.07 Å². The molecule has 3 rings (SSSR count). The monoisotopic (exact) mass is 311 g/mol. The standard InChI is InChI=1S/C19H21NO3/c1-12(14-7-4-3-5-8-14)18-16(11-17(23-18)13(2)21)19(22)20-15-9-6-10-15/h3-5,7-8,11-12,15H,6,9-10H2,1-2H3,(H,20,22). The van der Waals surface area contributed by atoms with Gasteiger partial charge in [0.05, 0.1) is 5.56 Å². The highest BCUT2D eigenvalue weighted by atomic mass is 16.3. The van der Waals surface area contributed by atoms with Gasteiger partial charge in [-0.1, -0.05) is 37.3 Å². The van der Waals surface area contributed by atoms with Crippen molar-refractivity contribution in [1.29, 1.82) is 0 Å². The zero-order chi connectivity index (χ0) is 16.4. The van der Waals surface area contributed by atoms with Crippen molar-refractivity contribution in [3.05, 3.63) is 59.0 Å². The molecule has 0 spiro atoms. The Kier molecular flexibility index (Phi) is 4.33. The predicted molar refractivity (Wildman–Crippen MR) is 87.8 cm³/mol. The molecule has 1 saturated carbocycles. The van der Waals surface area contributed by atoms with Crippen LogP contribution in [-0.2, 0) is 0 Å². The SMILES string of the molecule is CC(=O)c1cc(C(=O)NC2CCC2)c(C(C)c2ccccc2)o1. The summed E-state index contributed by atoms with van der Waals surface area (Å²) in [5, 5.41) is 3.02. The Labute approximate surface area is 135 Å². The van der Waals surface area contributed by atoms with Gasteiger partial charge in [0.1, 0.15) is 5.76 Å². The normalized spacial score (nSPS) is 15.7. The van der Waals surface area contributed by atoms with E-state index in [-0.39, 0.29) is 29.4 Å². The van der Waals surface area contributed by atoms with Crippen molar-refractivity contribution in [3.8, 4) is 0 Å². The van der Waals surface area contributed by atoms with Gasteiger partial charge < -0.3 is 9.73 Å². The molecule has 1 atom stereocenters. The number of furan rings is 1. The molecule has 0 radical (unpaired) electrons. The van der Waals surface area contributed by atoms with Gasteiger partial charge in [0.25, 0.3) is 5.91 Å². The summed E-state index contributed by atoms with van der Waals surface area (Å²) in [4.78, 5) is 24.2. The van der Waals surface area contributed by atoms with Crippen LogP contribution in [0.3, 0.4) is 0 Å². The first-order chi connectivity index (χ1) is 11.1. The van der Waals surface area contributed by atoms with Crippen molar-refractivity contribution in [2.75, 3.05) is 0 Å². The smallest absolute Gasteiger partial charge is 0.255 e. The summed E-state index contributed by atoms with van der Waals surface area (Å²) in [6, 6.07) is 11.7. The number of nitrogens with one attached hydrogen (secondary N) is 1. The number of amides is 1. The van der Waals surface area contributed by atoms with Crippen LogP contribution in [0.1, 0.15) is 71.3 Å². The van der Waals surface area contributed by atoms with E-state index in [9.17, 15) is 9.59 Å². The Morgan fingerprint density at radius 1 is 1.22 bits per heavy atom. The predicted octanol–water partition coefficient (Wildman–Crippen LogP) is 3.92. The van der Waals surface area contributed by atoms with Gasteiger partial charge in [0.15, 0.2) is 11.5 Å². The number of hydrogen-bond donors (Lipinski definition) is 1. The van der Waals surface area contributed by atoms with E-state index in [1.165, 1.54) is 6.92 Å². The molecular formula is C19H21NO3. The summed E-state index contributed by atoms with van der Waals surface area (Å²) >= 11 is 0. The van der Waals surface area contributed by atoms with Gasteiger partial charge in [-0.2, -0.15) is 0 Å². The molecule has 1 N–H and O–H groups in total. The molecule has 1 aromatic heterocycles. The second-order valence-electron chi connectivity index (χ2n) is 6.18. The summed E-state index contributed by atoms with van der Waals surface area (Å²) in [5.74, 6) is 0.379. The zero-order valence-electron chi connectivity index (χ0n) is 13.5. The number of rotatable bonds is 5. The molecule has 4 nitrogen and oxygen atoms in total. The molecule has 1 aliphatic rings. The van der Waals surface area contributed by atoms with E-state index >= 15 is 0 Å². The first-order valence-corrected chi connectivity index (χ1v) is 8.06. The molecule has 4 heteroatoms. The van der Waals surface area contributed by atoms with Crippen LogP contribution in [0.4, 0.5) is 0 Å². The van der Waals surface area contributed by atoms with Crippen LogP contribution in [-0.4, -0.2) is 17.7 Å². The largest absolute Gasteiger partial charge is 0.456 e. The minimum Gasteiger partial charge on any atom is -0.456 e. The molecule has 0 bridgehead atoms. The van der Waals surface area contributed by atoms with Gasteiger partial charge in [-0.05, 0) is 24.8 Å². The number of ketones is 1. The minimum absolute atomic E-state index is 0.0913. The Morgan fingerprint density at radius 3 is 2.48 bits per heavy atom. The molecule has 0 aliphatic heterocycles. The lowest BCUT2D eigenvalue weighted by Crippen LogP contribution is -2.39. The number of benzene rings is 1. The minimum atomic E-state index is -0.172. The first kappa shape index (κ1) is 15.5. The third-order valence-corrected chi connectivity index (χ3v) is 4.49. The summed E-state index contributed by atoms with van der Waals surface area (Å²) in [5.41, 5.74) is 1.52. The highest BCUT2D eigenvalue weighted by Crippen LogP contribution is 2.30. The van der Waals surface area contributed by atoms with Crippen molar-refractivity contribution >= 4 is 11.7 Å². The first-order valence-electron chi connectivity index (χ1n) is 8.06. The highest BCUT2D eigenvalue weighted by Gasteiger charge is 2.27. The van der Waals surface area contributed by atoms with Crippen molar-refractivity contribution < 1.29 is 14.0 Å². The Bertz CT molecular complexity index is 713. The van der Waals surface area contributed by atoms with Crippen LogP contribution < -0.4 is 5.32 Å². The lowest BCUT2D eigenvalue weighted by atomic mass is 9.92. The van der Waals surface area contributed by atoms with Gasteiger partial charge in [0, 0.05) is 24.9 Å². The van der Waals surface area contributed by atoms with Crippen LogP contribution in [0.25, 0.3) is 0 Å². The zero-order valence-corrected chi connectivity index (χ0v) is 13.5. The number of hydrogen-bond acceptors (Lipinski definition) is 3. The Balaban J connectivity index is 1.93. The highest BCUT2D eigenvalue weighted by molar-refractivity contribution is 5.99. The summed E-state index contributed by atoms with van der Waals surface area (Å²) < 4.78 is 5.74. The van der Waals surface area contributed by atoms with Crippen LogP contribution in [0, 0.1) is 0 Å². The van der Waals surface area contributed by atoms with Gasteiger partial charge in [0.2, 0.25) is 0 Å². The van der Waals surface area contributed by atoms with Gasteiger partial charge in [-0.15, -0.1) is 0 Å². The van der Waals surface area contributed by atoms with E-state index in [2.05, 4.69) is 5.32 Å².